The van der Waals surface area contributed by atoms with Gasteiger partial charge in [0.25, 0.3) is 0 Å². The fourth-order valence-electron chi connectivity index (χ4n) is 3.68. The van der Waals surface area contributed by atoms with E-state index in [2.05, 4.69) is 24.3 Å². The van der Waals surface area contributed by atoms with Gasteiger partial charge in [0, 0.05) is 30.3 Å². The maximum absolute atomic E-state index is 12.3. The third-order valence-electron chi connectivity index (χ3n) is 5.20. The van der Waals surface area contributed by atoms with Crippen LogP contribution in [0.2, 0.25) is 0 Å². The molecule has 1 aliphatic carbocycles. The summed E-state index contributed by atoms with van der Waals surface area (Å²) < 4.78 is 10.6. The number of rotatable bonds is 8. The monoisotopic (exact) mass is 360 g/mol. The largest absolute Gasteiger partial charge is 0.497 e. The zero-order chi connectivity index (χ0) is 18.9. The number of hydrogen-bond acceptors (Lipinski definition) is 4. The molecule has 0 radical (unpaired) electrons. The second kappa shape index (κ2) is 10.2. The Balaban J connectivity index is 1.93. The molecule has 1 aromatic carbocycles. The Morgan fingerprint density at radius 3 is 2.58 bits per heavy atom. The van der Waals surface area contributed by atoms with Crippen LogP contribution in [0.1, 0.15) is 37.7 Å². The molecule has 0 spiro atoms. The van der Waals surface area contributed by atoms with E-state index in [0.29, 0.717) is 24.3 Å². The fraction of sp³-hybridized carbons (Fsp3) is 0.571. The van der Waals surface area contributed by atoms with Crippen molar-refractivity contribution < 1.29 is 14.3 Å². The second-order valence-corrected chi connectivity index (χ2v) is 7.12. The quantitative estimate of drug-likeness (QED) is 0.723. The van der Waals surface area contributed by atoms with Gasteiger partial charge in [-0.05, 0) is 51.1 Å². The minimum absolute atomic E-state index is 0.0782. The standard InChI is InChI=1S/C21H32N2O3/c1-23(2)19(16-8-6-5-7-9-16)15-22-21(24)13-11-17-10-12-18(25-3)14-20(17)26-4/h10-14,16,19H,5-9,15H2,1-4H3,(H,22,24). The molecule has 1 aromatic rings. The molecule has 0 aliphatic heterocycles. The van der Waals surface area contributed by atoms with Crippen LogP contribution in [0.4, 0.5) is 0 Å². The van der Waals surface area contributed by atoms with Crippen LogP contribution in [-0.4, -0.2) is 51.7 Å². The van der Waals surface area contributed by atoms with Gasteiger partial charge in [0.1, 0.15) is 11.5 Å². The van der Waals surface area contributed by atoms with Crippen molar-refractivity contribution in [1.82, 2.24) is 10.2 Å². The normalized spacial score (nSPS) is 16.7. The molecule has 1 amide bonds. The van der Waals surface area contributed by atoms with Gasteiger partial charge in [0.15, 0.2) is 0 Å². The summed E-state index contributed by atoms with van der Waals surface area (Å²) in [7, 11) is 7.43. The Morgan fingerprint density at radius 2 is 1.96 bits per heavy atom. The third kappa shape index (κ3) is 5.77. The number of benzene rings is 1. The lowest BCUT2D eigenvalue weighted by Gasteiger charge is -2.34. The predicted octanol–water partition coefficient (Wildman–Crippen LogP) is 3.34. The molecule has 1 N–H and O–H groups in total. The van der Waals surface area contributed by atoms with E-state index >= 15 is 0 Å². The van der Waals surface area contributed by atoms with Gasteiger partial charge < -0.3 is 19.7 Å². The summed E-state index contributed by atoms with van der Waals surface area (Å²) in [5, 5.41) is 3.06. The highest BCUT2D eigenvalue weighted by molar-refractivity contribution is 5.92. The highest BCUT2D eigenvalue weighted by Crippen LogP contribution is 2.28. The molecule has 2 rings (SSSR count). The predicted molar refractivity (Wildman–Crippen MR) is 106 cm³/mol. The van der Waals surface area contributed by atoms with E-state index in [1.807, 2.05) is 18.2 Å². The van der Waals surface area contributed by atoms with Gasteiger partial charge >= 0.3 is 0 Å². The zero-order valence-electron chi connectivity index (χ0n) is 16.5. The summed E-state index contributed by atoms with van der Waals surface area (Å²) in [4.78, 5) is 14.5. The first-order valence-corrected chi connectivity index (χ1v) is 9.39. The van der Waals surface area contributed by atoms with Gasteiger partial charge in [-0.2, -0.15) is 0 Å². The average Bonchev–Trinajstić information content (AvgIpc) is 2.66. The Bertz CT molecular complexity index is 607. The van der Waals surface area contributed by atoms with Gasteiger partial charge in [-0.25, -0.2) is 0 Å². The van der Waals surface area contributed by atoms with E-state index in [9.17, 15) is 4.79 Å². The first kappa shape index (κ1) is 20.3. The van der Waals surface area contributed by atoms with Gasteiger partial charge in [0.05, 0.1) is 14.2 Å². The summed E-state index contributed by atoms with van der Waals surface area (Å²) >= 11 is 0. The maximum atomic E-state index is 12.3. The number of nitrogens with zero attached hydrogens (tertiary/aromatic N) is 1. The molecule has 1 fully saturated rings. The number of likely N-dealkylation sites (N-methyl/N-ethyl adjacent to an activating group) is 1. The van der Waals surface area contributed by atoms with Crippen LogP contribution in [0.3, 0.4) is 0 Å². The van der Waals surface area contributed by atoms with Crippen molar-refractivity contribution in [2.75, 3.05) is 34.9 Å². The van der Waals surface area contributed by atoms with Crippen LogP contribution in [0, 0.1) is 5.92 Å². The average molecular weight is 360 g/mol. The number of amides is 1. The summed E-state index contributed by atoms with van der Waals surface area (Å²) in [5.74, 6) is 2.00. The Morgan fingerprint density at radius 1 is 1.23 bits per heavy atom. The number of nitrogens with one attached hydrogen (secondary N) is 1. The van der Waals surface area contributed by atoms with E-state index in [1.54, 1.807) is 26.4 Å². The van der Waals surface area contributed by atoms with E-state index in [4.69, 9.17) is 9.47 Å². The van der Waals surface area contributed by atoms with E-state index in [0.717, 1.165) is 11.3 Å². The number of ether oxygens (including phenoxy) is 2. The van der Waals surface area contributed by atoms with Gasteiger partial charge in [-0.15, -0.1) is 0 Å². The van der Waals surface area contributed by atoms with E-state index in [-0.39, 0.29) is 5.91 Å². The number of methoxy groups -OCH3 is 2. The van der Waals surface area contributed by atoms with Crippen molar-refractivity contribution in [3.63, 3.8) is 0 Å². The van der Waals surface area contributed by atoms with Crippen molar-refractivity contribution in [2.24, 2.45) is 5.92 Å². The highest BCUT2D eigenvalue weighted by Gasteiger charge is 2.25. The van der Waals surface area contributed by atoms with Gasteiger partial charge in [0.2, 0.25) is 5.91 Å². The number of hydrogen-bond donors (Lipinski definition) is 1. The maximum Gasteiger partial charge on any atom is 0.244 e. The molecule has 1 aliphatic rings. The molecule has 0 heterocycles. The highest BCUT2D eigenvalue weighted by atomic mass is 16.5. The zero-order valence-corrected chi connectivity index (χ0v) is 16.5. The lowest BCUT2D eigenvalue weighted by atomic mass is 9.83. The van der Waals surface area contributed by atoms with Crippen LogP contribution in [0.15, 0.2) is 24.3 Å². The first-order chi connectivity index (χ1) is 12.5. The lowest BCUT2D eigenvalue weighted by molar-refractivity contribution is -0.116. The van der Waals surface area contributed by atoms with Crippen molar-refractivity contribution in [2.45, 2.75) is 38.1 Å². The third-order valence-corrected chi connectivity index (χ3v) is 5.20. The van der Waals surface area contributed by atoms with Crippen LogP contribution >= 0.6 is 0 Å². The molecule has 26 heavy (non-hydrogen) atoms. The van der Waals surface area contributed by atoms with Gasteiger partial charge in [-0.1, -0.05) is 19.3 Å². The second-order valence-electron chi connectivity index (χ2n) is 7.12. The molecule has 144 valence electrons. The summed E-state index contributed by atoms with van der Waals surface area (Å²) in [6, 6.07) is 5.93. The Kier molecular flexibility index (Phi) is 7.98. The topological polar surface area (TPSA) is 50.8 Å². The molecular weight excluding hydrogens is 328 g/mol. The summed E-state index contributed by atoms with van der Waals surface area (Å²) in [5.41, 5.74) is 0.847. The lowest BCUT2D eigenvalue weighted by Crippen LogP contribution is -2.45. The SMILES string of the molecule is COc1ccc(C=CC(=O)NCC(C2CCCCC2)N(C)C)c(OC)c1. The summed E-state index contributed by atoms with van der Waals surface area (Å²) in [6.07, 6.45) is 9.82. The molecule has 0 aromatic heterocycles. The van der Waals surface area contributed by atoms with E-state index < -0.39 is 0 Å². The Labute approximate surface area is 157 Å². The van der Waals surface area contributed by atoms with Crippen LogP contribution < -0.4 is 14.8 Å². The molecule has 0 saturated heterocycles. The van der Waals surface area contributed by atoms with Crippen LogP contribution in [0.5, 0.6) is 11.5 Å². The van der Waals surface area contributed by atoms with Crippen LogP contribution in [-0.2, 0) is 4.79 Å². The molecule has 1 unspecified atom stereocenters. The smallest absolute Gasteiger partial charge is 0.244 e. The minimum atomic E-state index is -0.0782. The van der Waals surface area contributed by atoms with Crippen molar-refractivity contribution in [3.05, 3.63) is 29.8 Å². The number of carbonyl (C=O) groups excluding carboxylic acids is 1. The molecule has 1 saturated carbocycles. The molecule has 5 heteroatoms. The number of carbonyl (C=O) groups is 1. The Hall–Kier alpha value is -2.01. The van der Waals surface area contributed by atoms with Gasteiger partial charge in [-0.3, -0.25) is 4.79 Å². The van der Waals surface area contributed by atoms with Crippen LogP contribution in [0.25, 0.3) is 6.08 Å². The van der Waals surface area contributed by atoms with Crippen molar-refractivity contribution >= 4 is 12.0 Å². The molecular formula is C21H32N2O3. The molecule has 1 atom stereocenters. The minimum Gasteiger partial charge on any atom is -0.497 e. The van der Waals surface area contributed by atoms with Crippen molar-refractivity contribution in [3.8, 4) is 11.5 Å². The molecule has 5 nitrogen and oxygen atoms in total. The summed E-state index contributed by atoms with van der Waals surface area (Å²) in [6.45, 7) is 0.681. The molecule has 0 bridgehead atoms. The van der Waals surface area contributed by atoms with Crippen molar-refractivity contribution in [1.29, 1.82) is 0 Å². The first-order valence-electron chi connectivity index (χ1n) is 9.39. The van der Waals surface area contributed by atoms with E-state index in [1.165, 1.54) is 32.1 Å². The fourth-order valence-corrected chi connectivity index (χ4v) is 3.68.